The van der Waals surface area contributed by atoms with Gasteiger partial charge in [-0.2, -0.15) is 5.10 Å². The standard InChI is InChI=1S/C14H12ClN3O4/c1-8-5-11(14(21)22)13(20)18(17-8)7-12(19)16-10-4-2-3-9(15)6-10/h2-6H,7H2,1H3,(H,16,19)(H,21,22). The second kappa shape index (κ2) is 6.40. The second-order valence-corrected chi connectivity index (χ2v) is 4.96. The van der Waals surface area contributed by atoms with Gasteiger partial charge < -0.3 is 10.4 Å². The molecule has 0 spiro atoms. The predicted octanol–water partition coefficient (Wildman–Crippen LogP) is 1.54. The van der Waals surface area contributed by atoms with E-state index in [0.717, 1.165) is 10.7 Å². The average Bonchev–Trinajstić information content (AvgIpc) is 2.42. The number of aryl methyl sites for hydroxylation is 1. The third-order valence-electron chi connectivity index (χ3n) is 2.73. The van der Waals surface area contributed by atoms with Gasteiger partial charge in [-0.15, -0.1) is 0 Å². The van der Waals surface area contributed by atoms with Crippen molar-refractivity contribution >= 4 is 29.2 Å². The van der Waals surface area contributed by atoms with Crippen molar-refractivity contribution in [3.05, 3.63) is 57.0 Å². The number of hydrogen-bond donors (Lipinski definition) is 2. The van der Waals surface area contributed by atoms with Crippen LogP contribution in [-0.4, -0.2) is 26.8 Å². The molecule has 1 aromatic heterocycles. The van der Waals surface area contributed by atoms with Gasteiger partial charge in [-0.3, -0.25) is 9.59 Å². The first-order valence-corrected chi connectivity index (χ1v) is 6.62. The van der Waals surface area contributed by atoms with E-state index in [0.29, 0.717) is 16.4 Å². The van der Waals surface area contributed by atoms with Gasteiger partial charge in [0.1, 0.15) is 12.1 Å². The van der Waals surface area contributed by atoms with E-state index in [1.807, 2.05) is 0 Å². The molecule has 114 valence electrons. The van der Waals surface area contributed by atoms with Crippen LogP contribution in [0.15, 0.2) is 35.1 Å². The smallest absolute Gasteiger partial charge is 0.341 e. The van der Waals surface area contributed by atoms with Crippen LogP contribution < -0.4 is 10.9 Å². The summed E-state index contributed by atoms with van der Waals surface area (Å²) in [5, 5.41) is 15.8. The maximum absolute atomic E-state index is 11.9. The first-order valence-electron chi connectivity index (χ1n) is 6.24. The van der Waals surface area contributed by atoms with Crippen molar-refractivity contribution in [1.29, 1.82) is 0 Å². The van der Waals surface area contributed by atoms with E-state index in [2.05, 4.69) is 10.4 Å². The van der Waals surface area contributed by atoms with E-state index in [-0.39, 0.29) is 0 Å². The molecule has 0 aliphatic heterocycles. The Labute approximate surface area is 130 Å². The molecular weight excluding hydrogens is 310 g/mol. The molecule has 0 fully saturated rings. The Hall–Kier alpha value is -2.67. The topological polar surface area (TPSA) is 101 Å². The van der Waals surface area contributed by atoms with Crippen LogP contribution in [0.25, 0.3) is 0 Å². The second-order valence-electron chi connectivity index (χ2n) is 4.53. The normalized spacial score (nSPS) is 10.3. The Morgan fingerprint density at radius 3 is 2.73 bits per heavy atom. The van der Waals surface area contributed by atoms with Crippen molar-refractivity contribution in [2.24, 2.45) is 0 Å². The highest BCUT2D eigenvalue weighted by Crippen LogP contribution is 2.14. The minimum absolute atomic E-state index is 0.326. The number of halogens is 1. The van der Waals surface area contributed by atoms with Crippen LogP contribution in [0.5, 0.6) is 0 Å². The third kappa shape index (κ3) is 3.70. The van der Waals surface area contributed by atoms with E-state index >= 15 is 0 Å². The lowest BCUT2D eigenvalue weighted by molar-refractivity contribution is -0.117. The summed E-state index contributed by atoms with van der Waals surface area (Å²) in [6.07, 6.45) is 0. The average molecular weight is 322 g/mol. The number of amides is 1. The Balaban J connectivity index is 2.22. The predicted molar refractivity (Wildman–Crippen MR) is 80.3 cm³/mol. The zero-order valence-electron chi connectivity index (χ0n) is 11.5. The van der Waals surface area contributed by atoms with Gasteiger partial charge in [0.2, 0.25) is 5.91 Å². The number of hydrogen-bond acceptors (Lipinski definition) is 4. The number of anilines is 1. The van der Waals surface area contributed by atoms with Crippen LogP contribution >= 0.6 is 11.6 Å². The van der Waals surface area contributed by atoms with Crippen LogP contribution in [-0.2, 0) is 11.3 Å². The summed E-state index contributed by atoms with van der Waals surface area (Å²) in [6.45, 7) is 1.14. The number of nitrogens with zero attached hydrogens (tertiary/aromatic N) is 2. The Bertz CT molecular complexity index is 801. The van der Waals surface area contributed by atoms with Crippen LogP contribution in [0.4, 0.5) is 5.69 Å². The lowest BCUT2D eigenvalue weighted by Crippen LogP contribution is -2.33. The molecule has 22 heavy (non-hydrogen) atoms. The minimum Gasteiger partial charge on any atom is -0.477 e. The number of aromatic nitrogens is 2. The van der Waals surface area contributed by atoms with Gasteiger partial charge in [0, 0.05) is 10.7 Å². The molecule has 2 aromatic rings. The van der Waals surface area contributed by atoms with Gasteiger partial charge in [0.15, 0.2) is 0 Å². The van der Waals surface area contributed by atoms with Gasteiger partial charge >= 0.3 is 5.97 Å². The Morgan fingerprint density at radius 2 is 2.09 bits per heavy atom. The molecule has 7 nitrogen and oxygen atoms in total. The molecule has 0 unspecified atom stereocenters. The number of benzene rings is 1. The van der Waals surface area contributed by atoms with Gasteiger partial charge in [0.25, 0.3) is 5.56 Å². The van der Waals surface area contributed by atoms with Crippen molar-refractivity contribution < 1.29 is 14.7 Å². The Morgan fingerprint density at radius 1 is 1.36 bits per heavy atom. The zero-order chi connectivity index (χ0) is 16.3. The molecule has 0 saturated carbocycles. The third-order valence-corrected chi connectivity index (χ3v) is 2.96. The number of nitrogens with one attached hydrogen (secondary N) is 1. The van der Waals surface area contributed by atoms with E-state index in [9.17, 15) is 14.4 Å². The van der Waals surface area contributed by atoms with Gasteiger partial charge in [-0.1, -0.05) is 17.7 Å². The molecule has 0 bridgehead atoms. The summed E-state index contributed by atoms with van der Waals surface area (Å²) in [5.41, 5.74) is -0.466. The first kappa shape index (κ1) is 15.7. The number of carboxylic acid groups (broad SMARTS) is 1. The molecule has 0 saturated heterocycles. The van der Waals surface area contributed by atoms with E-state index in [1.54, 1.807) is 24.3 Å². The van der Waals surface area contributed by atoms with Crippen molar-refractivity contribution in [1.82, 2.24) is 9.78 Å². The summed E-state index contributed by atoms with van der Waals surface area (Å²) in [4.78, 5) is 34.8. The summed E-state index contributed by atoms with van der Waals surface area (Å²) < 4.78 is 0.818. The van der Waals surface area contributed by atoms with Crippen molar-refractivity contribution in [3.8, 4) is 0 Å². The maximum Gasteiger partial charge on any atom is 0.341 e. The SMILES string of the molecule is Cc1cc(C(=O)O)c(=O)n(CC(=O)Nc2cccc(Cl)c2)n1. The molecule has 0 atom stereocenters. The molecule has 0 aliphatic carbocycles. The Kier molecular flexibility index (Phi) is 4.57. The molecule has 1 aromatic carbocycles. The monoisotopic (exact) mass is 321 g/mol. The summed E-state index contributed by atoms with van der Waals surface area (Å²) >= 11 is 5.81. The largest absolute Gasteiger partial charge is 0.477 e. The van der Waals surface area contributed by atoms with Crippen molar-refractivity contribution in [3.63, 3.8) is 0 Å². The number of rotatable bonds is 4. The number of carbonyl (C=O) groups is 2. The minimum atomic E-state index is -1.36. The van der Waals surface area contributed by atoms with Crippen LogP contribution in [0.2, 0.25) is 5.02 Å². The first-order chi connectivity index (χ1) is 10.4. The highest BCUT2D eigenvalue weighted by atomic mass is 35.5. The molecule has 1 heterocycles. The summed E-state index contributed by atoms with van der Waals surface area (Å²) in [7, 11) is 0. The highest BCUT2D eigenvalue weighted by Gasteiger charge is 2.15. The van der Waals surface area contributed by atoms with Gasteiger partial charge in [-0.25, -0.2) is 9.48 Å². The number of carboxylic acids is 1. The molecular formula is C14H12ClN3O4. The molecule has 0 radical (unpaired) electrons. The maximum atomic E-state index is 11.9. The van der Waals surface area contributed by atoms with E-state index in [4.69, 9.17) is 16.7 Å². The molecule has 0 aliphatic rings. The fraction of sp³-hybridized carbons (Fsp3) is 0.143. The fourth-order valence-corrected chi connectivity index (χ4v) is 2.03. The van der Waals surface area contributed by atoms with Crippen LogP contribution in [0.1, 0.15) is 16.1 Å². The van der Waals surface area contributed by atoms with Crippen molar-refractivity contribution in [2.45, 2.75) is 13.5 Å². The summed E-state index contributed by atoms with van der Waals surface area (Å²) in [5.74, 6) is -1.88. The van der Waals surface area contributed by atoms with Crippen LogP contribution in [0, 0.1) is 6.92 Å². The van der Waals surface area contributed by atoms with Gasteiger partial charge in [-0.05, 0) is 31.2 Å². The number of aromatic carboxylic acids is 1. The lowest BCUT2D eigenvalue weighted by Gasteiger charge is -2.08. The highest BCUT2D eigenvalue weighted by molar-refractivity contribution is 6.30. The summed E-state index contributed by atoms with van der Waals surface area (Å²) in [6, 6.07) is 7.67. The molecule has 1 amide bonds. The van der Waals surface area contributed by atoms with Crippen LogP contribution in [0.3, 0.4) is 0 Å². The van der Waals surface area contributed by atoms with Gasteiger partial charge in [0.05, 0.1) is 5.69 Å². The van der Waals surface area contributed by atoms with E-state index < -0.39 is 29.5 Å². The number of carbonyl (C=O) groups excluding carboxylic acids is 1. The quantitative estimate of drug-likeness (QED) is 0.889. The molecule has 2 rings (SSSR count). The lowest BCUT2D eigenvalue weighted by atomic mass is 10.2. The fourth-order valence-electron chi connectivity index (χ4n) is 1.84. The zero-order valence-corrected chi connectivity index (χ0v) is 12.3. The molecule has 2 N–H and O–H groups in total. The van der Waals surface area contributed by atoms with E-state index in [1.165, 1.54) is 6.92 Å². The molecule has 8 heteroatoms. The van der Waals surface area contributed by atoms with Crippen molar-refractivity contribution in [2.75, 3.05) is 5.32 Å².